The van der Waals surface area contributed by atoms with Gasteiger partial charge >= 0.3 is 0 Å². The van der Waals surface area contributed by atoms with Gasteiger partial charge in [0.2, 0.25) is 0 Å². The predicted octanol–water partition coefficient (Wildman–Crippen LogP) is 0.605. The summed E-state index contributed by atoms with van der Waals surface area (Å²) < 4.78 is 2.00. The number of rotatable bonds is 0. The van der Waals surface area contributed by atoms with Gasteiger partial charge in [-0.15, -0.1) is 0 Å². The Morgan fingerprint density at radius 3 is 3.10 bits per heavy atom. The van der Waals surface area contributed by atoms with Crippen molar-refractivity contribution in [1.29, 1.82) is 0 Å². The average molecular weight is 136 g/mol. The number of aryl methyl sites for hydroxylation is 2. The monoisotopic (exact) mass is 136 g/mol. The molecule has 4 heteroatoms. The van der Waals surface area contributed by atoms with Crippen LogP contribution in [-0.2, 0) is 7.05 Å². The standard InChI is InChI=1S/C6H8N4/c1-4-8-6-5(10(4)2)3-7-9-6/h3H,1-2H3,(H,7,9). The zero-order chi connectivity index (χ0) is 7.14. The van der Waals surface area contributed by atoms with Gasteiger partial charge in [0.1, 0.15) is 11.3 Å². The number of aromatic amines is 1. The maximum Gasteiger partial charge on any atom is 0.199 e. The molecule has 0 spiro atoms. The Labute approximate surface area is 57.9 Å². The summed E-state index contributed by atoms with van der Waals surface area (Å²) in [6, 6.07) is 0. The van der Waals surface area contributed by atoms with Crippen molar-refractivity contribution < 1.29 is 0 Å². The van der Waals surface area contributed by atoms with Crippen molar-refractivity contribution in [3.05, 3.63) is 12.0 Å². The number of imidazole rings is 1. The van der Waals surface area contributed by atoms with Crippen LogP contribution < -0.4 is 0 Å². The fourth-order valence-electron chi connectivity index (χ4n) is 1.01. The molecule has 2 aromatic heterocycles. The Balaban J connectivity index is 2.95. The van der Waals surface area contributed by atoms with Crippen molar-refractivity contribution >= 4 is 11.2 Å². The fraction of sp³-hybridized carbons (Fsp3) is 0.333. The molecule has 4 nitrogen and oxygen atoms in total. The zero-order valence-electron chi connectivity index (χ0n) is 5.92. The van der Waals surface area contributed by atoms with Crippen LogP contribution in [0.1, 0.15) is 5.82 Å². The van der Waals surface area contributed by atoms with Gasteiger partial charge in [-0.3, -0.25) is 5.10 Å². The van der Waals surface area contributed by atoms with Crippen molar-refractivity contribution in [3.8, 4) is 0 Å². The Kier molecular flexibility index (Phi) is 0.869. The van der Waals surface area contributed by atoms with E-state index in [2.05, 4.69) is 15.2 Å². The number of aromatic nitrogens is 4. The normalized spacial score (nSPS) is 11.0. The summed E-state index contributed by atoms with van der Waals surface area (Å²) in [6.07, 6.45) is 1.84. The summed E-state index contributed by atoms with van der Waals surface area (Å²) in [5.74, 6) is 0.992. The van der Waals surface area contributed by atoms with Gasteiger partial charge in [0.05, 0.1) is 0 Å². The second kappa shape index (κ2) is 1.59. The highest BCUT2D eigenvalue weighted by atomic mass is 15.2. The number of nitrogens with one attached hydrogen (secondary N) is 1. The number of fused-ring (bicyclic) bond motifs is 1. The van der Waals surface area contributed by atoms with Crippen LogP contribution in [0.4, 0.5) is 0 Å². The molecule has 0 fully saturated rings. The molecule has 0 aliphatic carbocycles. The summed E-state index contributed by atoms with van der Waals surface area (Å²) >= 11 is 0. The van der Waals surface area contributed by atoms with Gasteiger partial charge in [0, 0.05) is 13.2 Å². The molecule has 10 heavy (non-hydrogen) atoms. The summed E-state index contributed by atoms with van der Waals surface area (Å²) in [6.45, 7) is 1.96. The first kappa shape index (κ1) is 5.46. The lowest BCUT2D eigenvalue weighted by atomic mass is 10.6. The van der Waals surface area contributed by atoms with Crippen LogP contribution >= 0.6 is 0 Å². The largest absolute Gasteiger partial charge is 0.329 e. The maximum absolute atomic E-state index is 4.19. The Hall–Kier alpha value is -1.32. The van der Waals surface area contributed by atoms with Crippen LogP contribution in [0.5, 0.6) is 0 Å². The zero-order valence-corrected chi connectivity index (χ0v) is 5.92. The van der Waals surface area contributed by atoms with E-state index < -0.39 is 0 Å². The first-order chi connectivity index (χ1) is 4.79. The van der Waals surface area contributed by atoms with Crippen molar-refractivity contribution in [2.24, 2.45) is 7.05 Å². The van der Waals surface area contributed by atoms with Gasteiger partial charge in [-0.1, -0.05) is 0 Å². The number of nitrogens with zero attached hydrogens (tertiary/aromatic N) is 3. The molecular weight excluding hydrogens is 128 g/mol. The van der Waals surface area contributed by atoms with Crippen molar-refractivity contribution in [2.45, 2.75) is 6.92 Å². The van der Waals surface area contributed by atoms with Gasteiger partial charge in [0.15, 0.2) is 5.65 Å². The Morgan fingerprint density at radius 2 is 2.40 bits per heavy atom. The molecule has 0 radical (unpaired) electrons. The first-order valence-corrected chi connectivity index (χ1v) is 3.12. The fourth-order valence-corrected chi connectivity index (χ4v) is 1.01. The summed E-state index contributed by atoms with van der Waals surface area (Å²) in [4.78, 5) is 4.19. The number of hydrogen-bond acceptors (Lipinski definition) is 2. The highest BCUT2D eigenvalue weighted by Crippen LogP contribution is 2.09. The van der Waals surface area contributed by atoms with Gasteiger partial charge in [-0.25, -0.2) is 4.98 Å². The van der Waals surface area contributed by atoms with Crippen LogP contribution in [-0.4, -0.2) is 19.7 Å². The smallest absolute Gasteiger partial charge is 0.199 e. The predicted molar refractivity (Wildman–Crippen MR) is 37.6 cm³/mol. The van der Waals surface area contributed by atoms with Gasteiger partial charge in [0.25, 0.3) is 0 Å². The molecule has 0 aromatic carbocycles. The van der Waals surface area contributed by atoms with E-state index in [1.165, 1.54) is 0 Å². The first-order valence-electron chi connectivity index (χ1n) is 3.12. The van der Waals surface area contributed by atoms with Crippen LogP contribution in [0.2, 0.25) is 0 Å². The van der Waals surface area contributed by atoms with Crippen LogP contribution in [0, 0.1) is 6.92 Å². The van der Waals surface area contributed by atoms with E-state index in [4.69, 9.17) is 0 Å². The lowest BCUT2D eigenvalue weighted by Crippen LogP contribution is -1.89. The molecule has 2 heterocycles. The third kappa shape index (κ3) is 0.504. The third-order valence-electron chi connectivity index (χ3n) is 1.72. The Bertz CT molecular complexity index is 357. The van der Waals surface area contributed by atoms with Crippen molar-refractivity contribution in [2.75, 3.05) is 0 Å². The van der Waals surface area contributed by atoms with E-state index in [0.29, 0.717) is 0 Å². The number of hydrogen-bond donors (Lipinski definition) is 1. The van der Waals surface area contributed by atoms with Crippen LogP contribution in [0.25, 0.3) is 11.2 Å². The molecule has 0 saturated carbocycles. The van der Waals surface area contributed by atoms with E-state index >= 15 is 0 Å². The molecule has 0 amide bonds. The van der Waals surface area contributed by atoms with Crippen LogP contribution in [0.15, 0.2) is 6.20 Å². The maximum atomic E-state index is 4.19. The summed E-state index contributed by atoms with van der Waals surface area (Å²) in [5.41, 5.74) is 1.84. The highest BCUT2D eigenvalue weighted by Gasteiger charge is 2.03. The molecule has 52 valence electrons. The molecule has 2 rings (SSSR count). The third-order valence-corrected chi connectivity index (χ3v) is 1.72. The minimum Gasteiger partial charge on any atom is -0.329 e. The van der Waals surface area contributed by atoms with Crippen molar-refractivity contribution in [3.63, 3.8) is 0 Å². The molecule has 0 aliphatic heterocycles. The molecule has 0 aliphatic rings. The Morgan fingerprint density at radius 1 is 1.60 bits per heavy atom. The molecule has 0 bridgehead atoms. The second-order valence-electron chi connectivity index (χ2n) is 2.31. The van der Waals surface area contributed by atoms with E-state index in [9.17, 15) is 0 Å². The second-order valence-corrected chi connectivity index (χ2v) is 2.31. The molecule has 1 N–H and O–H groups in total. The SMILES string of the molecule is Cc1nc2n[nH]cc2n1C. The lowest BCUT2D eigenvalue weighted by molar-refractivity contribution is 0.879. The molecule has 0 unspecified atom stereocenters. The lowest BCUT2D eigenvalue weighted by Gasteiger charge is -1.90. The van der Waals surface area contributed by atoms with Crippen LogP contribution in [0.3, 0.4) is 0 Å². The van der Waals surface area contributed by atoms with E-state index in [-0.39, 0.29) is 0 Å². The number of H-pyrrole nitrogens is 1. The molecular formula is C6H8N4. The van der Waals surface area contributed by atoms with Gasteiger partial charge < -0.3 is 4.57 Å². The quantitative estimate of drug-likeness (QED) is 0.576. The van der Waals surface area contributed by atoms with E-state index in [1.807, 2.05) is 24.7 Å². The average Bonchev–Trinajstić information content (AvgIpc) is 2.41. The minimum absolute atomic E-state index is 0.792. The summed E-state index contributed by atoms with van der Waals surface area (Å²) in [7, 11) is 1.97. The van der Waals surface area contributed by atoms with E-state index in [1.54, 1.807) is 0 Å². The minimum atomic E-state index is 0.792. The molecule has 0 saturated heterocycles. The molecule has 2 aromatic rings. The highest BCUT2D eigenvalue weighted by molar-refractivity contribution is 5.70. The summed E-state index contributed by atoms with van der Waals surface area (Å²) in [5, 5.41) is 6.70. The van der Waals surface area contributed by atoms with E-state index in [0.717, 1.165) is 17.0 Å². The van der Waals surface area contributed by atoms with Crippen molar-refractivity contribution in [1.82, 2.24) is 19.7 Å². The molecule has 0 atom stereocenters. The topological polar surface area (TPSA) is 46.5 Å². The van der Waals surface area contributed by atoms with Gasteiger partial charge in [-0.2, -0.15) is 5.10 Å². The van der Waals surface area contributed by atoms with Gasteiger partial charge in [-0.05, 0) is 6.92 Å².